The van der Waals surface area contributed by atoms with Crippen molar-refractivity contribution in [1.29, 1.82) is 0 Å². The molecule has 2 aliphatic heterocycles. The number of likely N-dealkylation sites (N-methyl/N-ethyl adjacent to an activating group) is 1. The molecule has 2 rings (SSSR count). The second-order valence-electron chi connectivity index (χ2n) is 4.04. The number of nitrogens with one attached hydrogen (secondary N) is 1. The number of fused-ring (bicyclic) bond motifs is 1. The smallest absolute Gasteiger partial charge is 0.0249 e. The number of hydrogen-bond acceptors (Lipinski definition) is 2. The molecule has 1 N–H and O–H groups in total. The fraction of sp³-hybridized carbons (Fsp3) is 1.00. The maximum atomic E-state index is 3.64. The maximum Gasteiger partial charge on any atom is 0.0249 e. The van der Waals surface area contributed by atoms with Crippen LogP contribution in [0.2, 0.25) is 0 Å². The van der Waals surface area contributed by atoms with Gasteiger partial charge >= 0.3 is 0 Å². The highest BCUT2D eigenvalue weighted by Gasteiger charge is 2.31. The lowest BCUT2D eigenvalue weighted by molar-refractivity contribution is 0.0923. The highest BCUT2D eigenvalue weighted by molar-refractivity contribution is 4.91. The van der Waals surface area contributed by atoms with E-state index in [2.05, 4.69) is 17.1 Å². The summed E-state index contributed by atoms with van der Waals surface area (Å²) in [4.78, 5) is 2.65. The van der Waals surface area contributed by atoms with Crippen molar-refractivity contribution in [2.45, 2.75) is 44.7 Å². The fourth-order valence-corrected chi connectivity index (χ4v) is 2.74. The van der Waals surface area contributed by atoms with Crippen molar-refractivity contribution in [2.75, 3.05) is 19.6 Å². The molecule has 0 aromatic heterocycles. The third-order valence-electron chi connectivity index (χ3n) is 3.38. The van der Waals surface area contributed by atoms with Gasteiger partial charge in [-0.15, -0.1) is 0 Å². The van der Waals surface area contributed by atoms with E-state index in [0.29, 0.717) is 0 Å². The van der Waals surface area contributed by atoms with Crippen LogP contribution in [0, 0.1) is 0 Å². The van der Waals surface area contributed by atoms with Crippen LogP contribution in [0.25, 0.3) is 0 Å². The molecule has 0 aromatic rings. The van der Waals surface area contributed by atoms with Crippen LogP contribution in [0.3, 0.4) is 0 Å². The Morgan fingerprint density at radius 3 is 3.08 bits per heavy atom. The lowest BCUT2D eigenvalue weighted by Gasteiger charge is -2.44. The van der Waals surface area contributed by atoms with Gasteiger partial charge in [-0.25, -0.2) is 0 Å². The van der Waals surface area contributed by atoms with Crippen LogP contribution in [0.15, 0.2) is 0 Å². The summed E-state index contributed by atoms with van der Waals surface area (Å²) in [7, 11) is 0. The fourth-order valence-electron chi connectivity index (χ4n) is 2.74. The SMILES string of the molecule is CCN1CCCC2NCCCC21. The molecule has 2 atom stereocenters. The Morgan fingerprint density at radius 1 is 1.33 bits per heavy atom. The van der Waals surface area contributed by atoms with Gasteiger partial charge in [0.05, 0.1) is 0 Å². The first-order valence-electron chi connectivity index (χ1n) is 5.39. The molecule has 2 nitrogen and oxygen atoms in total. The van der Waals surface area contributed by atoms with Gasteiger partial charge in [0.25, 0.3) is 0 Å². The normalized spacial score (nSPS) is 37.8. The Labute approximate surface area is 75.3 Å². The minimum Gasteiger partial charge on any atom is -0.312 e. The van der Waals surface area contributed by atoms with E-state index in [1.165, 1.54) is 45.3 Å². The summed E-state index contributed by atoms with van der Waals surface area (Å²) in [6.45, 7) is 6.11. The zero-order valence-electron chi connectivity index (χ0n) is 8.05. The Balaban J connectivity index is 1.99. The molecule has 12 heavy (non-hydrogen) atoms. The predicted molar refractivity (Wildman–Crippen MR) is 51.3 cm³/mol. The van der Waals surface area contributed by atoms with Crippen LogP contribution in [0.4, 0.5) is 0 Å². The van der Waals surface area contributed by atoms with E-state index in [1.54, 1.807) is 0 Å². The summed E-state index contributed by atoms with van der Waals surface area (Å²) in [5.74, 6) is 0. The monoisotopic (exact) mass is 168 g/mol. The Morgan fingerprint density at radius 2 is 2.25 bits per heavy atom. The van der Waals surface area contributed by atoms with Crippen molar-refractivity contribution in [2.24, 2.45) is 0 Å². The molecule has 0 saturated carbocycles. The van der Waals surface area contributed by atoms with Gasteiger partial charge in [0.15, 0.2) is 0 Å². The first-order chi connectivity index (χ1) is 5.92. The molecular formula is C10H20N2. The third kappa shape index (κ3) is 1.50. The molecule has 0 radical (unpaired) electrons. The van der Waals surface area contributed by atoms with E-state index in [0.717, 1.165) is 12.1 Å². The number of likely N-dealkylation sites (tertiary alicyclic amines) is 1. The molecule has 0 spiro atoms. The van der Waals surface area contributed by atoms with E-state index in [4.69, 9.17) is 0 Å². The van der Waals surface area contributed by atoms with Gasteiger partial charge in [-0.05, 0) is 45.3 Å². The molecule has 2 unspecified atom stereocenters. The second-order valence-corrected chi connectivity index (χ2v) is 4.04. The van der Waals surface area contributed by atoms with Crippen molar-refractivity contribution >= 4 is 0 Å². The van der Waals surface area contributed by atoms with Crippen LogP contribution in [0.1, 0.15) is 32.6 Å². The molecule has 0 amide bonds. The molecule has 70 valence electrons. The Bertz CT molecular complexity index is 138. The molecular weight excluding hydrogens is 148 g/mol. The number of nitrogens with zero attached hydrogens (tertiary/aromatic N) is 1. The quantitative estimate of drug-likeness (QED) is 0.633. The molecule has 2 saturated heterocycles. The van der Waals surface area contributed by atoms with Crippen LogP contribution in [0.5, 0.6) is 0 Å². The summed E-state index contributed by atoms with van der Waals surface area (Å²) >= 11 is 0. The Hall–Kier alpha value is -0.0800. The van der Waals surface area contributed by atoms with Gasteiger partial charge in [0.2, 0.25) is 0 Å². The van der Waals surface area contributed by atoms with E-state index in [1.807, 2.05) is 0 Å². The summed E-state index contributed by atoms with van der Waals surface area (Å²) in [6, 6.07) is 1.67. The van der Waals surface area contributed by atoms with Crippen molar-refractivity contribution in [3.63, 3.8) is 0 Å². The lowest BCUT2D eigenvalue weighted by atomic mass is 9.89. The summed E-state index contributed by atoms with van der Waals surface area (Å²) in [6.07, 6.45) is 5.59. The minimum atomic E-state index is 0.812. The van der Waals surface area contributed by atoms with Crippen LogP contribution < -0.4 is 5.32 Å². The van der Waals surface area contributed by atoms with Crippen LogP contribution >= 0.6 is 0 Å². The lowest BCUT2D eigenvalue weighted by Crippen LogP contribution is -2.56. The van der Waals surface area contributed by atoms with Crippen molar-refractivity contribution in [3.8, 4) is 0 Å². The van der Waals surface area contributed by atoms with Gasteiger partial charge in [0.1, 0.15) is 0 Å². The summed E-state index contributed by atoms with van der Waals surface area (Å²) in [5, 5.41) is 3.64. The number of hydrogen-bond donors (Lipinski definition) is 1. The van der Waals surface area contributed by atoms with Gasteiger partial charge in [-0.3, -0.25) is 4.90 Å². The molecule has 0 aromatic carbocycles. The van der Waals surface area contributed by atoms with Crippen molar-refractivity contribution in [3.05, 3.63) is 0 Å². The average molecular weight is 168 g/mol. The van der Waals surface area contributed by atoms with E-state index in [9.17, 15) is 0 Å². The largest absolute Gasteiger partial charge is 0.312 e. The molecule has 2 heterocycles. The Kier molecular flexibility index (Phi) is 2.66. The van der Waals surface area contributed by atoms with E-state index >= 15 is 0 Å². The molecule has 0 aliphatic carbocycles. The minimum absolute atomic E-state index is 0.812. The molecule has 2 aliphatic rings. The third-order valence-corrected chi connectivity index (χ3v) is 3.38. The predicted octanol–water partition coefficient (Wildman–Crippen LogP) is 1.22. The van der Waals surface area contributed by atoms with Gasteiger partial charge in [-0.1, -0.05) is 6.92 Å². The highest BCUT2D eigenvalue weighted by atomic mass is 15.2. The topological polar surface area (TPSA) is 15.3 Å². The van der Waals surface area contributed by atoms with E-state index < -0.39 is 0 Å². The highest BCUT2D eigenvalue weighted by Crippen LogP contribution is 2.23. The number of piperidine rings is 2. The molecule has 0 bridgehead atoms. The van der Waals surface area contributed by atoms with Crippen molar-refractivity contribution in [1.82, 2.24) is 10.2 Å². The van der Waals surface area contributed by atoms with Crippen molar-refractivity contribution < 1.29 is 0 Å². The summed E-state index contributed by atoms with van der Waals surface area (Å²) in [5.41, 5.74) is 0. The van der Waals surface area contributed by atoms with Gasteiger partial charge in [0, 0.05) is 12.1 Å². The summed E-state index contributed by atoms with van der Waals surface area (Å²) < 4.78 is 0. The zero-order valence-corrected chi connectivity index (χ0v) is 8.05. The number of rotatable bonds is 1. The van der Waals surface area contributed by atoms with E-state index in [-0.39, 0.29) is 0 Å². The maximum absolute atomic E-state index is 3.64. The first-order valence-corrected chi connectivity index (χ1v) is 5.39. The zero-order chi connectivity index (χ0) is 8.39. The second kappa shape index (κ2) is 3.75. The van der Waals surface area contributed by atoms with Gasteiger partial charge in [-0.2, -0.15) is 0 Å². The molecule has 2 fully saturated rings. The van der Waals surface area contributed by atoms with Gasteiger partial charge < -0.3 is 5.32 Å². The standard InChI is InChI=1S/C10H20N2/c1-2-12-8-4-5-9-10(12)6-3-7-11-9/h9-11H,2-8H2,1H3. The average Bonchev–Trinajstić information content (AvgIpc) is 2.17. The van der Waals surface area contributed by atoms with Crippen LogP contribution in [-0.2, 0) is 0 Å². The molecule has 2 heteroatoms. The van der Waals surface area contributed by atoms with Crippen LogP contribution in [-0.4, -0.2) is 36.6 Å². The first kappa shape index (κ1) is 8.52.